The smallest absolute Gasteiger partial charge is 0.00109 e. The summed E-state index contributed by atoms with van der Waals surface area (Å²) in [6.07, 6.45) is 7.34. The van der Waals surface area contributed by atoms with E-state index in [1.165, 1.54) is 45.2 Å². The van der Waals surface area contributed by atoms with Crippen LogP contribution in [0.4, 0.5) is 0 Å². The zero-order valence-corrected chi connectivity index (χ0v) is 7.53. The van der Waals surface area contributed by atoms with Gasteiger partial charge in [0.05, 0.1) is 0 Å². The molecule has 0 aromatic heterocycles. The summed E-state index contributed by atoms with van der Waals surface area (Å²) in [5, 5.41) is 3.52. The molecule has 1 aliphatic heterocycles. The molecule has 1 saturated heterocycles. The molecule has 11 heavy (non-hydrogen) atoms. The Hall–Kier alpha value is -0.0400. The van der Waals surface area contributed by atoms with Gasteiger partial charge in [0.15, 0.2) is 0 Å². The van der Waals surface area contributed by atoms with E-state index in [4.69, 9.17) is 0 Å². The lowest BCUT2D eigenvalue weighted by Gasteiger charge is -2.29. The maximum absolute atomic E-state index is 3.52. The summed E-state index contributed by atoms with van der Waals surface area (Å²) in [5.74, 6) is 1.04. The van der Waals surface area contributed by atoms with Gasteiger partial charge in [0.25, 0.3) is 0 Å². The van der Waals surface area contributed by atoms with Gasteiger partial charge in [0.2, 0.25) is 0 Å². The minimum atomic E-state index is 0.745. The summed E-state index contributed by atoms with van der Waals surface area (Å²) in [7, 11) is 0. The van der Waals surface area contributed by atoms with E-state index in [1.807, 2.05) is 0 Å². The van der Waals surface area contributed by atoms with Crippen LogP contribution in [0.1, 0.15) is 39.0 Å². The van der Waals surface area contributed by atoms with Crippen molar-refractivity contribution in [1.82, 2.24) is 5.32 Å². The van der Waals surface area contributed by atoms with E-state index >= 15 is 0 Å². The first kappa shape index (κ1) is 7.60. The van der Waals surface area contributed by atoms with Crippen molar-refractivity contribution in [1.29, 1.82) is 0 Å². The van der Waals surface area contributed by atoms with Gasteiger partial charge in [-0.3, -0.25) is 0 Å². The third-order valence-electron chi connectivity index (χ3n) is 3.86. The molecule has 1 saturated carbocycles. The summed E-state index contributed by atoms with van der Waals surface area (Å²) in [6.45, 7) is 4.94. The van der Waals surface area contributed by atoms with Gasteiger partial charge in [-0.05, 0) is 37.1 Å². The van der Waals surface area contributed by atoms with Gasteiger partial charge < -0.3 is 5.32 Å². The highest BCUT2D eigenvalue weighted by Crippen LogP contribution is 2.48. The molecular weight excluding hydrogens is 134 g/mol. The van der Waals surface area contributed by atoms with E-state index in [-0.39, 0.29) is 0 Å². The van der Waals surface area contributed by atoms with Gasteiger partial charge in [0.1, 0.15) is 0 Å². The van der Waals surface area contributed by atoms with Crippen LogP contribution in [0, 0.1) is 11.3 Å². The van der Waals surface area contributed by atoms with Crippen LogP contribution in [-0.2, 0) is 0 Å². The summed E-state index contributed by atoms with van der Waals surface area (Å²) < 4.78 is 0. The summed E-state index contributed by atoms with van der Waals surface area (Å²) >= 11 is 0. The Labute approximate surface area is 69.6 Å². The summed E-state index contributed by atoms with van der Waals surface area (Å²) in [4.78, 5) is 0. The average molecular weight is 153 g/mol. The number of rotatable bonds is 1. The Morgan fingerprint density at radius 1 is 1.45 bits per heavy atom. The van der Waals surface area contributed by atoms with Crippen LogP contribution in [0.2, 0.25) is 0 Å². The van der Waals surface area contributed by atoms with Crippen molar-refractivity contribution in [3.63, 3.8) is 0 Å². The SMILES string of the molecule is CCC1CCCC12CCNC2. The standard InChI is InChI=1S/C10H19N/c1-2-9-4-3-5-10(9)6-7-11-8-10/h9,11H,2-8H2,1H3. The Morgan fingerprint density at radius 2 is 2.36 bits per heavy atom. The van der Waals surface area contributed by atoms with Crippen LogP contribution in [-0.4, -0.2) is 13.1 Å². The monoisotopic (exact) mass is 153 g/mol. The first-order chi connectivity index (χ1) is 5.37. The lowest BCUT2D eigenvalue weighted by atomic mass is 9.76. The van der Waals surface area contributed by atoms with Crippen molar-refractivity contribution in [3.05, 3.63) is 0 Å². The highest BCUT2D eigenvalue weighted by Gasteiger charge is 2.43. The molecule has 0 radical (unpaired) electrons. The Bertz CT molecular complexity index is 130. The molecule has 2 rings (SSSR count). The maximum Gasteiger partial charge on any atom is 0.00109 e. The van der Waals surface area contributed by atoms with Crippen LogP contribution < -0.4 is 5.32 Å². The van der Waals surface area contributed by atoms with E-state index in [0.29, 0.717) is 0 Å². The predicted molar refractivity (Wildman–Crippen MR) is 47.6 cm³/mol. The maximum atomic E-state index is 3.52. The van der Waals surface area contributed by atoms with Crippen LogP contribution in [0.25, 0.3) is 0 Å². The molecule has 1 heteroatoms. The number of hydrogen-bond donors (Lipinski definition) is 1. The zero-order chi connectivity index (χ0) is 7.73. The minimum Gasteiger partial charge on any atom is -0.316 e. The lowest BCUT2D eigenvalue weighted by Crippen LogP contribution is -2.27. The quantitative estimate of drug-likeness (QED) is 0.609. The highest BCUT2D eigenvalue weighted by molar-refractivity contribution is 4.96. The molecule has 0 bridgehead atoms. The van der Waals surface area contributed by atoms with E-state index < -0.39 is 0 Å². The molecule has 1 N–H and O–H groups in total. The minimum absolute atomic E-state index is 0.745. The van der Waals surface area contributed by atoms with Crippen molar-refractivity contribution in [2.45, 2.75) is 39.0 Å². The second kappa shape index (κ2) is 2.78. The zero-order valence-electron chi connectivity index (χ0n) is 7.53. The average Bonchev–Trinajstić information content (AvgIpc) is 2.62. The van der Waals surface area contributed by atoms with Gasteiger partial charge in [0, 0.05) is 6.54 Å². The van der Waals surface area contributed by atoms with Gasteiger partial charge in [-0.1, -0.05) is 19.8 Å². The topological polar surface area (TPSA) is 12.0 Å². The first-order valence-corrected chi connectivity index (χ1v) is 5.08. The number of hydrogen-bond acceptors (Lipinski definition) is 1. The van der Waals surface area contributed by atoms with Crippen molar-refractivity contribution >= 4 is 0 Å². The molecule has 1 aliphatic carbocycles. The molecule has 64 valence electrons. The Morgan fingerprint density at radius 3 is 3.00 bits per heavy atom. The van der Waals surface area contributed by atoms with E-state index in [9.17, 15) is 0 Å². The van der Waals surface area contributed by atoms with Crippen LogP contribution in [0.5, 0.6) is 0 Å². The molecular formula is C10H19N. The van der Waals surface area contributed by atoms with Crippen LogP contribution >= 0.6 is 0 Å². The summed E-state index contributed by atoms with van der Waals surface area (Å²) in [6, 6.07) is 0. The molecule has 1 heterocycles. The lowest BCUT2D eigenvalue weighted by molar-refractivity contribution is 0.222. The molecule has 0 amide bonds. The normalized spacial score (nSPS) is 43.9. The van der Waals surface area contributed by atoms with Crippen molar-refractivity contribution in [3.8, 4) is 0 Å². The molecule has 0 aromatic rings. The second-order valence-corrected chi connectivity index (χ2v) is 4.29. The second-order valence-electron chi connectivity index (χ2n) is 4.29. The van der Waals surface area contributed by atoms with Gasteiger partial charge in [-0.25, -0.2) is 0 Å². The van der Waals surface area contributed by atoms with Crippen molar-refractivity contribution < 1.29 is 0 Å². The first-order valence-electron chi connectivity index (χ1n) is 5.08. The molecule has 2 fully saturated rings. The van der Waals surface area contributed by atoms with Crippen LogP contribution in [0.3, 0.4) is 0 Å². The predicted octanol–water partition coefficient (Wildman–Crippen LogP) is 2.18. The van der Waals surface area contributed by atoms with E-state index in [2.05, 4.69) is 12.2 Å². The largest absolute Gasteiger partial charge is 0.316 e. The van der Waals surface area contributed by atoms with Crippen molar-refractivity contribution in [2.24, 2.45) is 11.3 Å². The third kappa shape index (κ3) is 1.10. The molecule has 2 aliphatic rings. The Kier molecular flexibility index (Phi) is 1.92. The molecule has 2 atom stereocenters. The summed E-state index contributed by atoms with van der Waals surface area (Å²) in [5.41, 5.74) is 0.745. The van der Waals surface area contributed by atoms with Gasteiger partial charge >= 0.3 is 0 Å². The Balaban J connectivity index is 2.09. The fourth-order valence-corrected chi connectivity index (χ4v) is 3.17. The highest BCUT2D eigenvalue weighted by atomic mass is 14.9. The molecule has 0 aromatic carbocycles. The van der Waals surface area contributed by atoms with Crippen LogP contribution in [0.15, 0.2) is 0 Å². The van der Waals surface area contributed by atoms with Gasteiger partial charge in [-0.15, -0.1) is 0 Å². The van der Waals surface area contributed by atoms with E-state index in [0.717, 1.165) is 11.3 Å². The molecule has 1 nitrogen and oxygen atoms in total. The molecule has 2 unspecified atom stereocenters. The van der Waals surface area contributed by atoms with Crippen molar-refractivity contribution in [2.75, 3.05) is 13.1 Å². The van der Waals surface area contributed by atoms with E-state index in [1.54, 1.807) is 0 Å². The number of nitrogens with one attached hydrogen (secondary N) is 1. The van der Waals surface area contributed by atoms with Gasteiger partial charge in [-0.2, -0.15) is 0 Å². The third-order valence-corrected chi connectivity index (χ3v) is 3.86. The fourth-order valence-electron chi connectivity index (χ4n) is 3.17. The molecule has 1 spiro atoms. The fraction of sp³-hybridized carbons (Fsp3) is 1.00.